The van der Waals surface area contributed by atoms with Gasteiger partial charge in [0.05, 0.1) is 62.0 Å². The molecule has 0 unspecified atom stereocenters. The predicted octanol–water partition coefficient (Wildman–Crippen LogP) is 10.0. The fourth-order valence-corrected chi connectivity index (χ4v) is 11.7. The number of nitrogens with one attached hydrogen (secondary N) is 1. The van der Waals surface area contributed by atoms with Gasteiger partial charge in [0, 0.05) is 62.8 Å². The standard InChI is InChI=1S/C25H37NO4.C24H34O5.C23H32O5.HI/c1-2-26-25(30)13-9-4-3-8-12-21-22(24(29)18-23(21)28)17-16-20(27)15-14-19-10-6-5-7-11-19;1-29-24(28)12-8-3-2-7-11-20-21(23(27)17-22(20)26)16-15-19(25)14-13-18-9-5-4-6-10-18;24-18(13-12-17-8-4-3-5-9-17)14-15-20-19(21(25)16-22(20)26)10-6-1-2-7-11-23(27)28;/h3,5-8,10-11,16-17,20-24,27-29H,2,4,9,12-15,18H2,1H3,(H,26,30);2,4-7,9-10,15-16,19-23,25-27H,3,8,11-14,17H2,1H3;1,3-6,8-9,14-15,18-22,24-26H,2,7,10-13,16H2,(H,27,28);1H/b8-3-,17-16+;7-2-,16-15+;6-1-,15-14+;/t20-,21+,22+,23-,24+;19-,20+,21+,22-,23+;18-,19+,20+,21-,22+;/m000./s1. The zero-order valence-corrected chi connectivity index (χ0v) is 54.1. The second-order valence-electron chi connectivity index (χ2n) is 23.5. The summed E-state index contributed by atoms with van der Waals surface area (Å²) in [5.41, 5.74) is 3.56. The van der Waals surface area contributed by atoms with Crippen molar-refractivity contribution >= 4 is 41.8 Å². The molecule has 3 aromatic carbocycles. The van der Waals surface area contributed by atoms with E-state index in [1.54, 1.807) is 18.2 Å². The van der Waals surface area contributed by atoms with E-state index in [9.17, 15) is 60.3 Å². The molecule has 16 heteroatoms. The number of methoxy groups -OCH3 is 1. The molecule has 0 bridgehead atoms. The van der Waals surface area contributed by atoms with Crippen LogP contribution in [0, 0.1) is 35.5 Å². The Morgan fingerprint density at radius 3 is 1.11 bits per heavy atom. The smallest absolute Gasteiger partial charge is 0.305 e. The van der Waals surface area contributed by atoms with Crippen LogP contribution in [0.4, 0.5) is 0 Å². The van der Waals surface area contributed by atoms with Crippen molar-refractivity contribution in [2.45, 2.75) is 197 Å². The average Bonchev–Trinajstić information content (AvgIpc) is 4.32. The summed E-state index contributed by atoms with van der Waals surface area (Å²) in [5, 5.41) is 104. The molecule has 3 aliphatic carbocycles. The normalized spacial score (nSPS) is 25.4. The molecular weight excluding hydrogens is 1230 g/mol. The van der Waals surface area contributed by atoms with Crippen LogP contribution < -0.4 is 5.32 Å². The number of unbranched alkanes of at least 4 members (excludes halogenated alkanes) is 3. The minimum atomic E-state index is -0.793. The van der Waals surface area contributed by atoms with Crippen molar-refractivity contribution in [3.63, 3.8) is 0 Å². The fraction of sp³-hybridized carbons (Fsp3) is 0.542. The highest BCUT2D eigenvalue weighted by molar-refractivity contribution is 14.0. The maximum atomic E-state index is 11.4. The Morgan fingerprint density at radius 2 is 0.807 bits per heavy atom. The van der Waals surface area contributed by atoms with Gasteiger partial charge in [-0.05, 0) is 138 Å². The number of carboxylic acid groups (broad SMARTS) is 1. The quantitative estimate of drug-likeness (QED) is 0.0115. The van der Waals surface area contributed by atoms with Crippen LogP contribution in [0.3, 0.4) is 0 Å². The molecule has 0 spiro atoms. The van der Waals surface area contributed by atoms with Crippen molar-refractivity contribution in [2.75, 3.05) is 13.7 Å². The number of hydrogen-bond donors (Lipinski definition) is 11. The molecule has 15 nitrogen and oxygen atoms in total. The van der Waals surface area contributed by atoms with E-state index in [2.05, 4.69) is 10.1 Å². The Labute approximate surface area is 540 Å². The lowest BCUT2D eigenvalue weighted by Crippen LogP contribution is -2.21. The minimum Gasteiger partial charge on any atom is -0.481 e. The predicted molar refractivity (Wildman–Crippen MR) is 357 cm³/mol. The Bertz CT molecular complexity index is 2530. The second kappa shape index (κ2) is 45.2. The molecule has 0 aromatic heterocycles. The molecule has 1 amide bonds. The first kappa shape index (κ1) is 77.1. The third kappa shape index (κ3) is 31.1. The van der Waals surface area contributed by atoms with Crippen molar-refractivity contribution in [2.24, 2.45) is 35.5 Å². The van der Waals surface area contributed by atoms with Crippen LogP contribution in [0.5, 0.6) is 0 Å². The lowest BCUT2D eigenvalue weighted by atomic mass is 9.89. The molecule has 3 fully saturated rings. The number of benzene rings is 3. The highest BCUT2D eigenvalue weighted by atomic mass is 127. The van der Waals surface area contributed by atoms with E-state index in [0.29, 0.717) is 90.0 Å². The van der Waals surface area contributed by atoms with Crippen LogP contribution in [0.15, 0.2) is 164 Å². The van der Waals surface area contributed by atoms with Gasteiger partial charge in [-0.1, -0.05) is 164 Å². The maximum absolute atomic E-state index is 11.4. The first-order chi connectivity index (χ1) is 42.0. The topological polar surface area (TPSA) is 275 Å². The van der Waals surface area contributed by atoms with Crippen LogP contribution in [-0.4, -0.2) is 138 Å². The Hall–Kier alpha value is -5.12. The summed E-state index contributed by atoms with van der Waals surface area (Å²) in [6.07, 6.45) is 30.4. The summed E-state index contributed by atoms with van der Waals surface area (Å²) in [6, 6.07) is 30.1. The molecule has 0 aliphatic heterocycles. The number of carbonyl (C=O) groups excluding carboxylic acids is 2. The number of carboxylic acids is 1. The fourth-order valence-electron chi connectivity index (χ4n) is 11.7. The summed E-state index contributed by atoms with van der Waals surface area (Å²) < 4.78 is 4.61. The molecule has 3 aromatic rings. The highest BCUT2D eigenvalue weighted by Crippen LogP contribution is 2.39. The van der Waals surface area contributed by atoms with Crippen molar-refractivity contribution in [3.05, 3.63) is 181 Å². The third-order valence-electron chi connectivity index (χ3n) is 16.7. The van der Waals surface area contributed by atoms with Gasteiger partial charge in [-0.2, -0.15) is 0 Å². The van der Waals surface area contributed by atoms with Crippen LogP contribution >= 0.6 is 24.0 Å². The summed E-state index contributed by atoms with van der Waals surface area (Å²) in [4.78, 5) is 33.0. The van der Waals surface area contributed by atoms with E-state index < -0.39 is 60.9 Å². The summed E-state index contributed by atoms with van der Waals surface area (Å²) in [5.74, 6) is -1.66. The number of amides is 1. The van der Waals surface area contributed by atoms with Gasteiger partial charge >= 0.3 is 11.9 Å². The van der Waals surface area contributed by atoms with Gasteiger partial charge in [0.25, 0.3) is 0 Å². The Kier molecular flexibility index (Phi) is 39.6. The van der Waals surface area contributed by atoms with Crippen molar-refractivity contribution in [1.82, 2.24) is 5.32 Å². The lowest BCUT2D eigenvalue weighted by Gasteiger charge is -2.19. The molecule has 488 valence electrons. The zero-order chi connectivity index (χ0) is 63.2. The lowest BCUT2D eigenvalue weighted by molar-refractivity contribution is -0.140. The number of aliphatic hydroxyl groups excluding tert-OH is 9. The van der Waals surface area contributed by atoms with E-state index in [0.717, 1.165) is 44.9 Å². The van der Waals surface area contributed by atoms with Gasteiger partial charge in [-0.3, -0.25) is 14.4 Å². The third-order valence-corrected chi connectivity index (χ3v) is 16.7. The largest absolute Gasteiger partial charge is 0.481 e. The van der Waals surface area contributed by atoms with Gasteiger partial charge in [-0.15, -0.1) is 24.0 Å². The van der Waals surface area contributed by atoms with Crippen LogP contribution in [0.1, 0.15) is 139 Å². The number of hydrogen-bond acceptors (Lipinski definition) is 13. The Morgan fingerprint density at radius 1 is 0.489 bits per heavy atom. The monoisotopic (exact) mass is 1330 g/mol. The number of rotatable bonds is 34. The van der Waals surface area contributed by atoms with Gasteiger partial charge < -0.3 is 61.1 Å². The molecule has 11 N–H and O–H groups in total. The highest BCUT2D eigenvalue weighted by Gasteiger charge is 2.41. The average molecular weight is 1330 g/mol. The molecule has 3 saturated carbocycles. The zero-order valence-electron chi connectivity index (χ0n) is 51.8. The van der Waals surface area contributed by atoms with E-state index in [-0.39, 0.29) is 77.8 Å². The van der Waals surface area contributed by atoms with E-state index in [1.807, 2.05) is 153 Å². The van der Waals surface area contributed by atoms with Gasteiger partial charge in [0.2, 0.25) is 5.91 Å². The summed E-state index contributed by atoms with van der Waals surface area (Å²) >= 11 is 0. The number of allylic oxidation sites excluding steroid dienone is 6. The van der Waals surface area contributed by atoms with E-state index >= 15 is 0 Å². The van der Waals surface area contributed by atoms with Crippen molar-refractivity contribution in [3.8, 4) is 0 Å². The number of carbonyl (C=O) groups is 3. The molecule has 0 radical (unpaired) electrons. The van der Waals surface area contributed by atoms with Gasteiger partial charge in [-0.25, -0.2) is 0 Å². The van der Waals surface area contributed by atoms with E-state index in [1.165, 1.54) is 23.8 Å². The molecule has 6 rings (SSSR count). The summed E-state index contributed by atoms with van der Waals surface area (Å²) in [6.45, 7) is 2.57. The molecule has 88 heavy (non-hydrogen) atoms. The molecule has 0 saturated heterocycles. The molecular formula is C72H104INO14. The number of ether oxygens (including phenoxy) is 1. The number of aliphatic hydroxyl groups is 9. The maximum Gasteiger partial charge on any atom is 0.305 e. The number of aryl methyl sites for hydroxylation is 3. The molecule has 3 aliphatic rings. The van der Waals surface area contributed by atoms with Crippen LogP contribution in [0.2, 0.25) is 0 Å². The molecule has 15 atom stereocenters. The van der Waals surface area contributed by atoms with Gasteiger partial charge in [0.1, 0.15) is 0 Å². The number of halogens is 1. The summed E-state index contributed by atoms with van der Waals surface area (Å²) in [7, 11) is 1.39. The van der Waals surface area contributed by atoms with Crippen molar-refractivity contribution in [1.29, 1.82) is 0 Å². The number of aliphatic carboxylic acids is 1. The van der Waals surface area contributed by atoms with Crippen LogP contribution in [0.25, 0.3) is 0 Å². The second-order valence-corrected chi connectivity index (χ2v) is 23.5. The minimum absolute atomic E-state index is 0. The first-order valence-electron chi connectivity index (χ1n) is 31.8. The van der Waals surface area contributed by atoms with Gasteiger partial charge in [0.15, 0.2) is 0 Å². The molecule has 0 heterocycles. The van der Waals surface area contributed by atoms with E-state index in [4.69, 9.17) is 5.11 Å². The SMILES string of the molecule is CCNC(=O)CCC/C=C\C[C@@H]1[C@@H](/C=C/[C@@H](O)CCc2ccccc2)[C@H](O)C[C@@H]1O.COC(=O)CCC/C=C\C[C@@H]1[C@@H](/C=C/[C@@H](O)CCc2ccccc2)[C@H](O)C[C@@H]1O.I.O=C(O)CCC/C=C\C[C@@H]1[C@@H](/C=C/[C@@H](O)CCc2ccccc2)[C@H](O)C[C@@H]1O. The Balaban J connectivity index is 0.000000343. The first-order valence-corrected chi connectivity index (χ1v) is 31.8. The number of esters is 1. The van der Waals surface area contributed by atoms with Crippen molar-refractivity contribution < 1.29 is 70.2 Å². The van der Waals surface area contributed by atoms with Crippen LogP contribution in [-0.2, 0) is 38.4 Å².